The largest absolute Gasteiger partial charge is 0.480 e. The Morgan fingerprint density at radius 3 is 1.61 bits per heavy atom. The molecule has 2 aromatic rings. The Labute approximate surface area is 138 Å². The summed E-state index contributed by atoms with van der Waals surface area (Å²) in [5.41, 5.74) is 1.90. The van der Waals surface area contributed by atoms with Crippen LogP contribution < -0.4 is 0 Å². The second-order valence-electron chi connectivity index (χ2n) is 6.98. The molecule has 2 aromatic carbocycles. The highest BCUT2D eigenvalue weighted by atomic mass is 16.4. The van der Waals surface area contributed by atoms with Crippen molar-refractivity contribution in [2.45, 2.75) is 39.9 Å². The number of benzene rings is 2. The Hall–Kier alpha value is -2.13. The van der Waals surface area contributed by atoms with Crippen molar-refractivity contribution >= 4 is 5.97 Å². The lowest BCUT2D eigenvalue weighted by molar-refractivity contribution is -0.148. The summed E-state index contributed by atoms with van der Waals surface area (Å²) in [5.74, 6) is -0.774. The van der Waals surface area contributed by atoms with Crippen LogP contribution >= 0.6 is 0 Å². The van der Waals surface area contributed by atoms with E-state index in [4.69, 9.17) is 0 Å². The van der Waals surface area contributed by atoms with Crippen LogP contribution in [0, 0.1) is 5.41 Å². The van der Waals surface area contributed by atoms with Crippen LogP contribution in [0.3, 0.4) is 0 Å². The van der Waals surface area contributed by atoms with E-state index in [1.54, 1.807) is 0 Å². The van der Waals surface area contributed by atoms with Gasteiger partial charge in [0.1, 0.15) is 6.04 Å². The van der Waals surface area contributed by atoms with Gasteiger partial charge in [0.25, 0.3) is 0 Å². The first-order chi connectivity index (χ1) is 10.9. The maximum atomic E-state index is 11.9. The highest BCUT2D eigenvalue weighted by molar-refractivity contribution is 5.74. The first-order valence-electron chi connectivity index (χ1n) is 7.92. The van der Waals surface area contributed by atoms with E-state index in [0.717, 1.165) is 11.1 Å². The standard InChI is InChI=1S/C20H25NO2/c1-20(2,3)18(19(22)23)21(14-16-10-6-4-7-11-16)15-17-12-8-5-9-13-17/h4-13,18H,14-15H2,1-3H3,(H,22,23). The van der Waals surface area contributed by atoms with E-state index >= 15 is 0 Å². The summed E-state index contributed by atoms with van der Waals surface area (Å²) in [4.78, 5) is 14.0. The number of aliphatic carboxylic acids is 1. The molecule has 0 amide bonds. The lowest BCUT2D eigenvalue weighted by atomic mass is 9.85. The molecule has 0 aliphatic heterocycles. The molecule has 0 spiro atoms. The maximum Gasteiger partial charge on any atom is 0.321 e. The highest BCUT2D eigenvalue weighted by Gasteiger charge is 2.36. The molecule has 0 aliphatic rings. The minimum atomic E-state index is -0.774. The predicted octanol–water partition coefficient (Wildman–Crippen LogP) is 4.19. The minimum absolute atomic E-state index is 0.352. The van der Waals surface area contributed by atoms with Crippen LogP contribution in [-0.4, -0.2) is 22.0 Å². The minimum Gasteiger partial charge on any atom is -0.480 e. The summed E-state index contributed by atoms with van der Waals surface area (Å²) >= 11 is 0. The van der Waals surface area contributed by atoms with Crippen molar-refractivity contribution in [3.8, 4) is 0 Å². The monoisotopic (exact) mass is 311 g/mol. The van der Waals surface area contributed by atoms with Crippen molar-refractivity contribution in [3.63, 3.8) is 0 Å². The molecule has 122 valence electrons. The van der Waals surface area contributed by atoms with Gasteiger partial charge in [0.05, 0.1) is 0 Å². The van der Waals surface area contributed by atoms with Crippen LogP contribution in [0.15, 0.2) is 60.7 Å². The van der Waals surface area contributed by atoms with E-state index in [1.807, 2.05) is 86.3 Å². The van der Waals surface area contributed by atoms with Gasteiger partial charge in [0.15, 0.2) is 0 Å². The van der Waals surface area contributed by atoms with Crippen molar-refractivity contribution in [2.24, 2.45) is 5.41 Å². The van der Waals surface area contributed by atoms with Crippen molar-refractivity contribution < 1.29 is 9.90 Å². The van der Waals surface area contributed by atoms with Gasteiger partial charge in [0, 0.05) is 13.1 Å². The second kappa shape index (κ2) is 7.42. The number of carboxylic acid groups (broad SMARTS) is 1. The molecule has 0 fully saturated rings. The summed E-state index contributed by atoms with van der Waals surface area (Å²) in [6.07, 6.45) is 0. The van der Waals surface area contributed by atoms with Gasteiger partial charge in [-0.25, -0.2) is 0 Å². The molecule has 1 atom stereocenters. The summed E-state index contributed by atoms with van der Waals surface area (Å²) in [6, 6.07) is 19.5. The molecular weight excluding hydrogens is 286 g/mol. The zero-order chi connectivity index (χ0) is 16.9. The Bertz CT molecular complexity index is 576. The van der Waals surface area contributed by atoms with Gasteiger partial charge in [0.2, 0.25) is 0 Å². The lowest BCUT2D eigenvalue weighted by Crippen LogP contribution is -2.48. The average Bonchev–Trinajstić information content (AvgIpc) is 2.47. The molecule has 3 heteroatoms. The number of carboxylic acids is 1. The first-order valence-corrected chi connectivity index (χ1v) is 7.92. The van der Waals surface area contributed by atoms with E-state index in [1.165, 1.54) is 0 Å². The molecule has 23 heavy (non-hydrogen) atoms. The van der Waals surface area contributed by atoms with E-state index < -0.39 is 12.0 Å². The number of carbonyl (C=O) groups is 1. The third-order valence-corrected chi connectivity index (χ3v) is 3.88. The summed E-state index contributed by atoms with van der Waals surface area (Å²) in [6.45, 7) is 7.17. The molecule has 0 aliphatic carbocycles. The van der Waals surface area contributed by atoms with E-state index in [2.05, 4.69) is 0 Å². The van der Waals surface area contributed by atoms with Crippen molar-refractivity contribution in [2.75, 3.05) is 0 Å². The molecule has 0 saturated carbocycles. The van der Waals surface area contributed by atoms with Gasteiger partial charge >= 0.3 is 5.97 Å². The van der Waals surface area contributed by atoms with Crippen LogP contribution in [0.25, 0.3) is 0 Å². The Kier molecular flexibility index (Phi) is 5.56. The van der Waals surface area contributed by atoms with Gasteiger partial charge in [-0.1, -0.05) is 81.4 Å². The van der Waals surface area contributed by atoms with Gasteiger partial charge in [-0.2, -0.15) is 0 Å². The van der Waals surface area contributed by atoms with E-state index in [0.29, 0.717) is 13.1 Å². The lowest BCUT2D eigenvalue weighted by Gasteiger charge is -2.37. The summed E-state index contributed by atoms with van der Waals surface area (Å²) in [5, 5.41) is 9.79. The van der Waals surface area contributed by atoms with Gasteiger partial charge in [-0.3, -0.25) is 9.69 Å². The summed E-state index contributed by atoms with van der Waals surface area (Å²) < 4.78 is 0. The Morgan fingerprint density at radius 2 is 1.30 bits per heavy atom. The molecule has 2 rings (SSSR count). The molecular formula is C20H25NO2. The van der Waals surface area contributed by atoms with E-state index in [9.17, 15) is 9.90 Å². The van der Waals surface area contributed by atoms with Crippen LogP contribution in [0.1, 0.15) is 31.9 Å². The Balaban J connectivity index is 2.31. The fraction of sp³-hybridized carbons (Fsp3) is 0.350. The van der Waals surface area contributed by atoms with Crippen molar-refractivity contribution in [1.82, 2.24) is 4.90 Å². The number of rotatable bonds is 6. The number of hydrogen-bond donors (Lipinski definition) is 1. The predicted molar refractivity (Wildman–Crippen MR) is 93.0 cm³/mol. The zero-order valence-corrected chi connectivity index (χ0v) is 14.1. The molecule has 3 nitrogen and oxygen atoms in total. The second-order valence-corrected chi connectivity index (χ2v) is 6.98. The number of nitrogens with zero attached hydrogens (tertiary/aromatic N) is 1. The smallest absolute Gasteiger partial charge is 0.321 e. The average molecular weight is 311 g/mol. The first kappa shape index (κ1) is 17.2. The van der Waals surface area contributed by atoms with Gasteiger partial charge < -0.3 is 5.11 Å². The molecule has 0 radical (unpaired) electrons. The third-order valence-electron chi connectivity index (χ3n) is 3.88. The highest BCUT2D eigenvalue weighted by Crippen LogP contribution is 2.27. The van der Waals surface area contributed by atoms with Crippen molar-refractivity contribution in [3.05, 3.63) is 71.8 Å². The zero-order valence-electron chi connectivity index (χ0n) is 14.1. The van der Waals surface area contributed by atoms with Gasteiger partial charge in [-0.05, 0) is 16.5 Å². The third kappa shape index (κ3) is 4.93. The Morgan fingerprint density at radius 1 is 0.913 bits per heavy atom. The normalized spacial score (nSPS) is 13.0. The SMILES string of the molecule is CC(C)(C)C(C(=O)O)N(Cc1ccccc1)Cc1ccccc1. The number of hydrogen-bond acceptors (Lipinski definition) is 2. The molecule has 1 unspecified atom stereocenters. The molecule has 0 aromatic heterocycles. The fourth-order valence-electron chi connectivity index (χ4n) is 2.95. The molecule has 0 heterocycles. The van der Waals surface area contributed by atoms with Crippen LogP contribution in [0.2, 0.25) is 0 Å². The topological polar surface area (TPSA) is 40.5 Å². The molecule has 0 bridgehead atoms. The molecule has 1 N–H and O–H groups in total. The van der Waals surface area contributed by atoms with Crippen LogP contribution in [-0.2, 0) is 17.9 Å². The van der Waals surface area contributed by atoms with Crippen LogP contribution in [0.5, 0.6) is 0 Å². The maximum absolute atomic E-state index is 11.9. The van der Waals surface area contributed by atoms with E-state index in [-0.39, 0.29) is 5.41 Å². The molecule has 0 saturated heterocycles. The van der Waals surface area contributed by atoms with Gasteiger partial charge in [-0.15, -0.1) is 0 Å². The van der Waals surface area contributed by atoms with Crippen molar-refractivity contribution in [1.29, 1.82) is 0 Å². The quantitative estimate of drug-likeness (QED) is 0.869. The summed E-state index contributed by atoms with van der Waals surface area (Å²) in [7, 11) is 0. The fourth-order valence-corrected chi connectivity index (χ4v) is 2.95. The van der Waals surface area contributed by atoms with Crippen LogP contribution in [0.4, 0.5) is 0 Å².